The molecule has 0 atom stereocenters. The first-order valence-electron chi connectivity index (χ1n) is 6.58. The van der Waals surface area contributed by atoms with Gasteiger partial charge >= 0.3 is 0 Å². The lowest BCUT2D eigenvalue weighted by Crippen LogP contribution is -2.36. The average molecular weight is 363 g/mol. The molecular formula is C16H15BrN2O3. The molecular weight excluding hydrogens is 348 g/mol. The maximum atomic E-state index is 11.4. The summed E-state index contributed by atoms with van der Waals surface area (Å²) in [6.07, 6.45) is 0. The number of benzene rings is 2. The molecule has 0 spiro atoms. The number of hydrogen-bond acceptors (Lipinski definition) is 3. The Bertz CT molecular complexity index is 654. The van der Waals surface area contributed by atoms with Crippen LogP contribution in [-0.2, 0) is 9.59 Å². The molecule has 114 valence electrons. The van der Waals surface area contributed by atoms with Crippen molar-refractivity contribution in [2.45, 2.75) is 0 Å². The Morgan fingerprint density at radius 3 is 2.09 bits per heavy atom. The number of amides is 2. The number of hydrogen-bond donors (Lipinski definition) is 2. The van der Waals surface area contributed by atoms with Crippen LogP contribution in [0.1, 0.15) is 0 Å². The fourth-order valence-corrected chi connectivity index (χ4v) is 2.04. The first-order chi connectivity index (χ1) is 10.5. The van der Waals surface area contributed by atoms with Gasteiger partial charge in [-0.1, -0.05) is 40.2 Å². The maximum Gasteiger partial charge on any atom is 0.258 e. The molecule has 6 heteroatoms. The average Bonchev–Trinajstić information content (AvgIpc) is 2.52. The third-order valence-corrected chi connectivity index (χ3v) is 3.39. The normalized spacial score (nSPS) is 10.0. The number of rotatable bonds is 6. The van der Waals surface area contributed by atoms with Crippen LogP contribution in [0.3, 0.4) is 0 Å². The van der Waals surface area contributed by atoms with Crippen LogP contribution in [-0.4, -0.2) is 25.0 Å². The molecule has 0 fully saturated rings. The van der Waals surface area contributed by atoms with Crippen molar-refractivity contribution >= 4 is 27.7 Å². The van der Waals surface area contributed by atoms with Gasteiger partial charge in [0.15, 0.2) is 6.61 Å². The Morgan fingerprint density at radius 1 is 1.00 bits per heavy atom. The second-order valence-electron chi connectivity index (χ2n) is 4.56. The lowest BCUT2D eigenvalue weighted by molar-refractivity contribution is -0.126. The van der Waals surface area contributed by atoms with E-state index in [0.29, 0.717) is 5.75 Å². The molecule has 2 rings (SSSR count). The summed E-state index contributed by atoms with van der Waals surface area (Å²) in [6.45, 7) is -0.352. The summed E-state index contributed by atoms with van der Waals surface area (Å²) in [5.74, 6) is -0.405. The van der Waals surface area contributed by atoms with Gasteiger partial charge in [-0.05, 0) is 35.4 Å². The summed E-state index contributed by atoms with van der Waals surface area (Å²) in [4.78, 5) is 21.9. The van der Waals surface area contributed by atoms with E-state index in [2.05, 4.69) is 21.2 Å². The van der Waals surface area contributed by atoms with Gasteiger partial charge in [0, 0.05) is 4.47 Å². The van der Waals surface area contributed by atoms with Gasteiger partial charge in [0.05, 0.1) is 6.54 Å². The number of halogens is 1. The summed E-state index contributed by atoms with van der Waals surface area (Å²) in [7, 11) is 0. The van der Waals surface area contributed by atoms with Crippen molar-refractivity contribution < 1.29 is 14.3 Å². The Kier molecular flexibility index (Phi) is 5.55. The Morgan fingerprint density at radius 2 is 1.55 bits per heavy atom. The van der Waals surface area contributed by atoms with Crippen LogP contribution in [0.5, 0.6) is 5.75 Å². The molecule has 0 aliphatic heterocycles. The zero-order chi connectivity index (χ0) is 15.9. The van der Waals surface area contributed by atoms with Gasteiger partial charge in [-0.25, -0.2) is 0 Å². The van der Waals surface area contributed by atoms with E-state index in [-0.39, 0.29) is 13.2 Å². The van der Waals surface area contributed by atoms with E-state index in [0.717, 1.165) is 15.6 Å². The van der Waals surface area contributed by atoms with E-state index >= 15 is 0 Å². The second-order valence-corrected chi connectivity index (χ2v) is 5.48. The minimum absolute atomic E-state index is 0.162. The number of nitrogens with one attached hydrogen (secondary N) is 1. The van der Waals surface area contributed by atoms with Crippen LogP contribution in [0.25, 0.3) is 11.1 Å². The van der Waals surface area contributed by atoms with Gasteiger partial charge in [0.2, 0.25) is 5.91 Å². The largest absolute Gasteiger partial charge is 0.484 e. The molecule has 2 amide bonds. The van der Waals surface area contributed by atoms with Crippen molar-refractivity contribution in [3.8, 4) is 16.9 Å². The fourth-order valence-electron chi connectivity index (χ4n) is 1.77. The van der Waals surface area contributed by atoms with Gasteiger partial charge < -0.3 is 15.8 Å². The fraction of sp³-hybridized carbons (Fsp3) is 0.125. The minimum Gasteiger partial charge on any atom is -0.484 e. The smallest absolute Gasteiger partial charge is 0.258 e. The molecule has 0 aromatic heterocycles. The second kappa shape index (κ2) is 7.61. The van der Waals surface area contributed by atoms with Crippen molar-refractivity contribution in [3.63, 3.8) is 0 Å². The third-order valence-electron chi connectivity index (χ3n) is 2.86. The summed E-state index contributed by atoms with van der Waals surface area (Å²) >= 11 is 3.40. The van der Waals surface area contributed by atoms with Gasteiger partial charge in [0.1, 0.15) is 5.75 Å². The molecule has 0 saturated carbocycles. The molecule has 2 aromatic rings. The zero-order valence-corrected chi connectivity index (χ0v) is 13.3. The molecule has 0 heterocycles. The lowest BCUT2D eigenvalue weighted by atomic mass is 10.1. The lowest BCUT2D eigenvalue weighted by Gasteiger charge is -2.07. The standard InChI is InChI=1S/C16H15BrN2O3/c17-13-5-1-11(2-6-13)12-3-7-14(8-4-12)22-10-16(21)19-9-15(18)20/h1-8H,9-10H2,(H2,18,20)(H,19,21). The monoisotopic (exact) mass is 362 g/mol. The SMILES string of the molecule is NC(=O)CNC(=O)COc1ccc(-c2ccc(Br)cc2)cc1. The third kappa shape index (κ3) is 4.89. The highest BCUT2D eigenvalue weighted by Gasteiger charge is 2.04. The van der Waals surface area contributed by atoms with Crippen LogP contribution in [0.15, 0.2) is 53.0 Å². The topological polar surface area (TPSA) is 81.4 Å². The van der Waals surface area contributed by atoms with Gasteiger partial charge in [-0.3, -0.25) is 9.59 Å². The number of primary amides is 1. The van der Waals surface area contributed by atoms with Crippen molar-refractivity contribution in [3.05, 3.63) is 53.0 Å². The number of nitrogens with two attached hydrogens (primary N) is 1. The van der Waals surface area contributed by atoms with Crippen LogP contribution in [0.4, 0.5) is 0 Å². The number of carbonyl (C=O) groups is 2. The summed E-state index contributed by atoms with van der Waals surface area (Å²) < 4.78 is 6.36. The molecule has 22 heavy (non-hydrogen) atoms. The first kappa shape index (κ1) is 16.0. The van der Waals surface area contributed by atoms with E-state index < -0.39 is 11.8 Å². The quantitative estimate of drug-likeness (QED) is 0.825. The summed E-state index contributed by atoms with van der Waals surface area (Å²) in [6, 6.07) is 15.4. The molecule has 2 aromatic carbocycles. The Labute approximate surface area is 136 Å². The summed E-state index contributed by atoms with van der Waals surface area (Å²) in [5.41, 5.74) is 7.08. The molecule has 0 unspecified atom stereocenters. The van der Waals surface area contributed by atoms with Crippen molar-refractivity contribution in [1.29, 1.82) is 0 Å². The number of carbonyl (C=O) groups excluding carboxylic acids is 2. The van der Waals surface area contributed by atoms with E-state index in [1.54, 1.807) is 12.1 Å². The highest BCUT2D eigenvalue weighted by molar-refractivity contribution is 9.10. The molecule has 0 saturated heterocycles. The highest BCUT2D eigenvalue weighted by atomic mass is 79.9. The van der Waals surface area contributed by atoms with Crippen LogP contribution in [0, 0.1) is 0 Å². The van der Waals surface area contributed by atoms with Crippen molar-refractivity contribution in [2.24, 2.45) is 5.73 Å². The molecule has 0 aliphatic carbocycles. The molecule has 0 bridgehead atoms. The van der Waals surface area contributed by atoms with E-state index in [1.165, 1.54) is 0 Å². The van der Waals surface area contributed by atoms with Crippen LogP contribution in [0.2, 0.25) is 0 Å². The van der Waals surface area contributed by atoms with E-state index in [1.807, 2.05) is 36.4 Å². The minimum atomic E-state index is -0.591. The predicted molar refractivity (Wildman–Crippen MR) is 87.3 cm³/mol. The van der Waals surface area contributed by atoms with Crippen molar-refractivity contribution in [1.82, 2.24) is 5.32 Å². The van der Waals surface area contributed by atoms with Crippen molar-refractivity contribution in [2.75, 3.05) is 13.2 Å². The molecule has 0 radical (unpaired) electrons. The van der Waals surface area contributed by atoms with Crippen LogP contribution < -0.4 is 15.8 Å². The number of ether oxygens (including phenoxy) is 1. The molecule has 5 nitrogen and oxygen atoms in total. The highest BCUT2D eigenvalue weighted by Crippen LogP contribution is 2.23. The summed E-state index contributed by atoms with van der Waals surface area (Å²) in [5, 5.41) is 2.35. The maximum absolute atomic E-state index is 11.4. The zero-order valence-electron chi connectivity index (χ0n) is 11.7. The van der Waals surface area contributed by atoms with E-state index in [9.17, 15) is 9.59 Å². The predicted octanol–water partition coefficient (Wildman–Crippen LogP) is 2.10. The van der Waals surface area contributed by atoms with Gasteiger partial charge in [-0.15, -0.1) is 0 Å². The van der Waals surface area contributed by atoms with E-state index in [4.69, 9.17) is 10.5 Å². The molecule has 3 N–H and O–H groups in total. The Balaban J connectivity index is 1.90. The molecule has 0 aliphatic rings. The Hall–Kier alpha value is -2.34. The van der Waals surface area contributed by atoms with Gasteiger partial charge in [0.25, 0.3) is 5.91 Å². The van der Waals surface area contributed by atoms with Gasteiger partial charge in [-0.2, -0.15) is 0 Å². The van der Waals surface area contributed by atoms with Crippen LogP contribution >= 0.6 is 15.9 Å². The first-order valence-corrected chi connectivity index (χ1v) is 7.38.